The van der Waals surface area contributed by atoms with Gasteiger partial charge < -0.3 is 16.0 Å². The number of hydrogen-bond acceptors (Lipinski definition) is 4. The number of nitrogens with one attached hydrogen (secondary N) is 1. The minimum atomic E-state index is -4.46. The molecule has 20 heavy (non-hydrogen) atoms. The lowest BCUT2D eigenvalue weighted by molar-refractivity contribution is -0.141. The summed E-state index contributed by atoms with van der Waals surface area (Å²) < 4.78 is 37.9. The van der Waals surface area contributed by atoms with Crippen molar-refractivity contribution in [3.8, 4) is 0 Å². The van der Waals surface area contributed by atoms with Crippen molar-refractivity contribution in [3.05, 3.63) is 18.0 Å². The van der Waals surface area contributed by atoms with E-state index in [1.165, 1.54) is 0 Å². The Morgan fingerprint density at radius 2 is 2.05 bits per heavy atom. The lowest BCUT2D eigenvalue weighted by Gasteiger charge is -2.47. The fraction of sp³-hybridized carbons (Fsp3) is 0.615. The van der Waals surface area contributed by atoms with Gasteiger partial charge in [-0.1, -0.05) is 0 Å². The van der Waals surface area contributed by atoms with Crippen LogP contribution in [0.3, 0.4) is 0 Å². The number of alkyl halides is 3. The number of hydrogen-bond donors (Lipinski definition) is 2. The van der Waals surface area contributed by atoms with Crippen LogP contribution < -0.4 is 11.1 Å². The molecule has 1 aliphatic carbocycles. The van der Waals surface area contributed by atoms with Crippen molar-refractivity contribution in [2.75, 3.05) is 31.7 Å². The lowest BCUT2D eigenvalue weighted by Crippen LogP contribution is -2.54. The molecular weight excluding hydrogens is 269 g/mol. The normalized spacial score (nSPS) is 17.9. The molecule has 0 atom stereocenters. The van der Waals surface area contributed by atoms with Crippen molar-refractivity contribution in [1.82, 2.24) is 9.88 Å². The highest BCUT2D eigenvalue weighted by atomic mass is 19.4. The average Bonchev–Trinajstić information content (AvgIpc) is 2.27. The van der Waals surface area contributed by atoms with Gasteiger partial charge in [0.25, 0.3) is 0 Å². The number of pyridine rings is 1. The van der Waals surface area contributed by atoms with Gasteiger partial charge in [0.2, 0.25) is 0 Å². The Bertz CT molecular complexity index is 481. The molecular formula is C13H19F3N4. The van der Waals surface area contributed by atoms with Gasteiger partial charge in [-0.25, -0.2) is 4.98 Å². The van der Waals surface area contributed by atoms with Crippen molar-refractivity contribution in [2.24, 2.45) is 0 Å². The van der Waals surface area contributed by atoms with Gasteiger partial charge in [-0.2, -0.15) is 13.2 Å². The molecule has 1 saturated carbocycles. The van der Waals surface area contributed by atoms with Gasteiger partial charge in [0.15, 0.2) is 0 Å². The second kappa shape index (κ2) is 5.12. The summed E-state index contributed by atoms with van der Waals surface area (Å²) in [6.45, 7) is 0.575. The van der Waals surface area contributed by atoms with E-state index in [2.05, 4.69) is 15.2 Å². The molecule has 0 radical (unpaired) electrons. The first kappa shape index (κ1) is 14.9. The molecule has 1 aromatic heterocycles. The largest absolute Gasteiger partial charge is 0.433 e. The van der Waals surface area contributed by atoms with Gasteiger partial charge in [0.05, 0.1) is 17.6 Å². The molecule has 112 valence electrons. The number of halogens is 3. The monoisotopic (exact) mass is 288 g/mol. The van der Waals surface area contributed by atoms with Gasteiger partial charge in [0, 0.05) is 12.1 Å². The van der Waals surface area contributed by atoms with Gasteiger partial charge in [-0.3, -0.25) is 0 Å². The summed E-state index contributed by atoms with van der Waals surface area (Å²) >= 11 is 0. The highest BCUT2D eigenvalue weighted by Gasteiger charge is 2.39. The zero-order chi connectivity index (χ0) is 15.0. The Balaban J connectivity index is 2.13. The van der Waals surface area contributed by atoms with E-state index in [9.17, 15) is 13.2 Å². The van der Waals surface area contributed by atoms with E-state index >= 15 is 0 Å². The van der Waals surface area contributed by atoms with Crippen LogP contribution in [0.5, 0.6) is 0 Å². The quantitative estimate of drug-likeness (QED) is 0.894. The number of rotatable bonds is 4. The molecule has 0 amide bonds. The maximum Gasteiger partial charge on any atom is 0.433 e. The zero-order valence-corrected chi connectivity index (χ0v) is 11.6. The van der Waals surface area contributed by atoms with E-state index in [1.807, 2.05) is 14.1 Å². The highest BCUT2D eigenvalue weighted by molar-refractivity contribution is 5.65. The van der Waals surface area contributed by atoms with Crippen molar-refractivity contribution in [1.29, 1.82) is 0 Å². The Hall–Kier alpha value is -1.50. The fourth-order valence-electron chi connectivity index (χ4n) is 2.40. The molecule has 1 aliphatic rings. The first-order valence-electron chi connectivity index (χ1n) is 6.49. The molecule has 1 fully saturated rings. The number of likely N-dealkylation sites (N-methyl/N-ethyl adjacent to an activating group) is 1. The summed E-state index contributed by atoms with van der Waals surface area (Å²) in [4.78, 5) is 5.44. The third-order valence-corrected chi connectivity index (χ3v) is 4.07. The number of nitrogens with zero attached hydrogens (tertiary/aromatic N) is 2. The maximum absolute atomic E-state index is 12.6. The summed E-state index contributed by atoms with van der Waals surface area (Å²) in [6, 6.07) is 0.970. The summed E-state index contributed by atoms with van der Waals surface area (Å²) in [5.41, 5.74) is 5.29. The lowest BCUT2D eigenvalue weighted by atomic mass is 9.75. The summed E-state index contributed by atoms with van der Waals surface area (Å²) in [7, 11) is 3.97. The van der Waals surface area contributed by atoms with Crippen LogP contribution in [0.25, 0.3) is 0 Å². The first-order valence-corrected chi connectivity index (χ1v) is 6.49. The Morgan fingerprint density at radius 3 is 2.50 bits per heavy atom. The van der Waals surface area contributed by atoms with E-state index in [-0.39, 0.29) is 11.2 Å². The van der Waals surface area contributed by atoms with E-state index in [4.69, 9.17) is 5.73 Å². The molecule has 0 spiro atoms. The molecule has 4 nitrogen and oxygen atoms in total. The maximum atomic E-state index is 12.6. The number of nitrogens with two attached hydrogens (primary N) is 1. The van der Waals surface area contributed by atoms with Crippen LogP contribution in [0, 0.1) is 0 Å². The third kappa shape index (κ3) is 2.82. The van der Waals surface area contributed by atoms with Crippen LogP contribution in [-0.2, 0) is 6.18 Å². The van der Waals surface area contributed by atoms with Crippen molar-refractivity contribution in [2.45, 2.75) is 31.0 Å². The van der Waals surface area contributed by atoms with Crippen LogP contribution in [0.1, 0.15) is 25.0 Å². The Kier molecular flexibility index (Phi) is 3.82. The molecule has 0 aliphatic heterocycles. The van der Waals surface area contributed by atoms with Crippen molar-refractivity contribution >= 4 is 11.4 Å². The van der Waals surface area contributed by atoms with E-state index in [0.717, 1.165) is 31.5 Å². The molecule has 3 N–H and O–H groups in total. The SMILES string of the molecule is CN(C)C1(CNc2cc(C(F)(F)F)ncc2N)CCC1. The molecule has 1 heterocycles. The minimum Gasteiger partial charge on any atom is -0.396 e. The van der Waals surface area contributed by atoms with Crippen LogP contribution in [0.4, 0.5) is 24.5 Å². The van der Waals surface area contributed by atoms with Crippen LogP contribution in [0.2, 0.25) is 0 Å². The smallest absolute Gasteiger partial charge is 0.396 e. The van der Waals surface area contributed by atoms with Crippen molar-refractivity contribution in [3.63, 3.8) is 0 Å². The Morgan fingerprint density at radius 1 is 1.40 bits per heavy atom. The topological polar surface area (TPSA) is 54.2 Å². The zero-order valence-electron chi connectivity index (χ0n) is 11.6. The number of anilines is 2. The molecule has 7 heteroatoms. The van der Waals surface area contributed by atoms with Crippen LogP contribution >= 0.6 is 0 Å². The van der Waals surface area contributed by atoms with E-state index in [0.29, 0.717) is 12.2 Å². The number of nitrogen functional groups attached to an aromatic ring is 1. The predicted octanol–water partition coefficient (Wildman–Crippen LogP) is 2.58. The molecule has 2 rings (SSSR count). The first-order chi connectivity index (χ1) is 9.24. The van der Waals surface area contributed by atoms with Crippen LogP contribution in [0.15, 0.2) is 12.3 Å². The highest BCUT2D eigenvalue weighted by Crippen LogP contribution is 2.37. The molecule has 0 bridgehead atoms. The molecule has 0 aromatic carbocycles. The van der Waals surface area contributed by atoms with Gasteiger partial charge in [-0.15, -0.1) is 0 Å². The summed E-state index contributed by atoms with van der Waals surface area (Å²) in [5.74, 6) is 0. The van der Waals surface area contributed by atoms with Crippen molar-refractivity contribution < 1.29 is 13.2 Å². The second-order valence-corrected chi connectivity index (χ2v) is 5.48. The summed E-state index contributed by atoms with van der Waals surface area (Å²) in [5, 5.41) is 3.04. The van der Waals surface area contributed by atoms with Gasteiger partial charge >= 0.3 is 6.18 Å². The summed E-state index contributed by atoms with van der Waals surface area (Å²) in [6.07, 6.45) is -0.207. The third-order valence-electron chi connectivity index (χ3n) is 4.07. The van der Waals surface area contributed by atoms with E-state index < -0.39 is 11.9 Å². The Labute approximate surface area is 116 Å². The molecule has 0 unspecified atom stereocenters. The fourth-order valence-corrected chi connectivity index (χ4v) is 2.40. The molecule has 0 saturated heterocycles. The standard InChI is InChI=1S/C13H19F3N4/c1-20(2)12(4-3-5-12)8-19-10-6-11(13(14,15)16)18-7-9(10)17/h6-7H,3-5,8,17H2,1-2H3,(H,18,19). The second-order valence-electron chi connectivity index (χ2n) is 5.48. The molecule has 1 aromatic rings. The van der Waals surface area contributed by atoms with E-state index in [1.54, 1.807) is 0 Å². The van der Waals surface area contributed by atoms with Gasteiger partial charge in [0.1, 0.15) is 5.69 Å². The van der Waals surface area contributed by atoms with Crippen LogP contribution in [-0.4, -0.2) is 36.1 Å². The average molecular weight is 288 g/mol. The minimum absolute atomic E-state index is 0.00804. The predicted molar refractivity (Wildman–Crippen MR) is 72.4 cm³/mol. The number of aromatic nitrogens is 1. The van der Waals surface area contributed by atoms with Gasteiger partial charge in [-0.05, 0) is 39.4 Å².